The van der Waals surface area contributed by atoms with Gasteiger partial charge in [0, 0.05) is 7.05 Å². The lowest BCUT2D eigenvalue weighted by molar-refractivity contribution is 0.0991. The molecule has 0 aliphatic rings. The predicted octanol–water partition coefficient (Wildman–Crippen LogP) is 2.72. The quantitative estimate of drug-likeness (QED) is 0.732. The number of aryl methyl sites for hydroxylation is 1. The van der Waals surface area contributed by atoms with Crippen LogP contribution in [0.3, 0.4) is 0 Å². The number of nitrogens with zero attached hydrogens (tertiary/aromatic N) is 3. The molecule has 8 nitrogen and oxygen atoms in total. The maximum Gasteiger partial charge on any atom is 0.292 e. The van der Waals surface area contributed by atoms with E-state index in [1.807, 2.05) is 18.2 Å². The van der Waals surface area contributed by atoms with Crippen LogP contribution < -0.4 is 14.8 Å². The Balaban J connectivity index is 1.67. The number of hydrogen-bond donors (Lipinski definition) is 1. The smallest absolute Gasteiger partial charge is 0.292 e. The Labute approximate surface area is 149 Å². The Kier molecular flexibility index (Phi) is 4.90. The molecule has 0 aliphatic carbocycles. The molecule has 0 unspecified atom stereocenters. The fourth-order valence-electron chi connectivity index (χ4n) is 2.30. The third-order valence-corrected chi connectivity index (χ3v) is 3.62. The number of anilines is 1. The fraction of sp³-hybridized carbons (Fsp3) is 0.167. The van der Waals surface area contributed by atoms with E-state index in [2.05, 4.69) is 10.4 Å². The average Bonchev–Trinajstić information content (AvgIpc) is 3.27. The molecule has 1 amide bonds. The van der Waals surface area contributed by atoms with Gasteiger partial charge in [0.15, 0.2) is 17.3 Å². The summed E-state index contributed by atoms with van der Waals surface area (Å²) in [6, 6.07) is 12.4. The fourth-order valence-corrected chi connectivity index (χ4v) is 2.30. The van der Waals surface area contributed by atoms with Crippen LogP contribution in [0.5, 0.6) is 11.5 Å². The van der Waals surface area contributed by atoms with E-state index in [9.17, 15) is 4.79 Å². The van der Waals surface area contributed by atoms with Gasteiger partial charge in [-0.25, -0.2) is 0 Å². The number of nitrogens with one attached hydrogen (secondary N) is 1. The number of nitriles is 1. The first-order valence-corrected chi connectivity index (χ1v) is 7.70. The Bertz CT molecular complexity index is 968. The number of aromatic nitrogens is 2. The molecular formula is C18H16N4O4. The summed E-state index contributed by atoms with van der Waals surface area (Å²) in [6.45, 7) is 0.142. The molecule has 0 aliphatic heterocycles. The van der Waals surface area contributed by atoms with Crippen LogP contribution in [0.1, 0.15) is 21.9 Å². The van der Waals surface area contributed by atoms with Gasteiger partial charge in [-0.05, 0) is 24.3 Å². The second-order valence-corrected chi connectivity index (χ2v) is 5.30. The van der Waals surface area contributed by atoms with Crippen LogP contribution in [0.25, 0.3) is 0 Å². The first kappa shape index (κ1) is 17.1. The molecule has 0 saturated heterocycles. The maximum atomic E-state index is 12.3. The standard InChI is InChI=1S/C18H16N4O4/c1-22-17(12(9-19)10-20-22)21-18(23)16-8-7-13(26-16)11-25-15-6-4-3-5-14(15)24-2/h3-8,10H,11H2,1-2H3,(H,21,23). The van der Waals surface area contributed by atoms with Crippen molar-refractivity contribution in [3.8, 4) is 17.6 Å². The van der Waals surface area contributed by atoms with Crippen molar-refractivity contribution in [1.82, 2.24) is 9.78 Å². The van der Waals surface area contributed by atoms with Gasteiger partial charge < -0.3 is 19.2 Å². The highest BCUT2D eigenvalue weighted by Gasteiger charge is 2.16. The Morgan fingerprint density at radius 3 is 2.81 bits per heavy atom. The molecule has 3 aromatic rings. The zero-order valence-electron chi connectivity index (χ0n) is 14.2. The molecule has 2 aromatic heterocycles. The summed E-state index contributed by atoms with van der Waals surface area (Å²) in [5.41, 5.74) is 0.270. The molecule has 1 aromatic carbocycles. The zero-order valence-corrected chi connectivity index (χ0v) is 14.2. The van der Waals surface area contributed by atoms with Crippen molar-refractivity contribution in [2.75, 3.05) is 12.4 Å². The van der Waals surface area contributed by atoms with Crippen LogP contribution in [-0.4, -0.2) is 22.8 Å². The normalized spacial score (nSPS) is 10.2. The molecule has 132 valence electrons. The van der Waals surface area contributed by atoms with Crippen LogP contribution >= 0.6 is 0 Å². The molecule has 2 heterocycles. The van der Waals surface area contributed by atoms with Crippen LogP contribution in [0.4, 0.5) is 5.82 Å². The van der Waals surface area contributed by atoms with Gasteiger partial charge in [0.1, 0.15) is 29.8 Å². The second kappa shape index (κ2) is 7.44. The number of hydrogen-bond acceptors (Lipinski definition) is 6. The highest BCUT2D eigenvalue weighted by atomic mass is 16.5. The summed E-state index contributed by atoms with van der Waals surface area (Å²) in [5.74, 6) is 1.60. The summed E-state index contributed by atoms with van der Waals surface area (Å²) in [5, 5.41) is 15.6. The highest BCUT2D eigenvalue weighted by Crippen LogP contribution is 2.27. The van der Waals surface area contributed by atoms with E-state index in [1.54, 1.807) is 38.4 Å². The van der Waals surface area contributed by atoms with E-state index >= 15 is 0 Å². The van der Waals surface area contributed by atoms with E-state index in [-0.39, 0.29) is 17.9 Å². The number of ether oxygens (including phenoxy) is 2. The van der Waals surface area contributed by atoms with Crippen molar-refractivity contribution in [2.45, 2.75) is 6.61 Å². The van der Waals surface area contributed by atoms with E-state index < -0.39 is 5.91 Å². The minimum absolute atomic E-state index is 0.105. The number of methoxy groups -OCH3 is 1. The van der Waals surface area contributed by atoms with E-state index in [0.29, 0.717) is 23.1 Å². The molecule has 8 heteroatoms. The first-order valence-electron chi connectivity index (χ1n) is 7.70. The minimum atomic E-state index is -0.478. The van der Waals surface area contributed by atoms with E-state index in [1.165, 1.54) is 10.9 Å². The van der Waals surface area contributed by atoms with E-state index in [4.69, 9.17) is 19.2 Å². The van der Waals surface area contributed by atoms with Crippen LogP contribution in [0, 0.1) is 11.3 Å². The minimum Gasteiger partial charge on any atom is -0.493 e. The van der Waals surface area contributed by atoms with Gasteiger partial charge in [0.2, 0.25) is 0 Å². The molecule has 26 heavy (non-hydrogen) atoms. The molecule has 3 rings (SSSR count). The number of benzene rings is 1. The molecular weight excluding hydrogens is 336 g/mol. The van der Waals surface area contributed by atoms with Crippen LogP contribution in [-0.2, 0) is 13.7 Å². The first-order chi connectivity index (χ1) is 12.6. The summed E-state index contributed by atoms with van der Waals surface area (Å²) >= 11 is 0. The molecule has 0 fully saturated rings. The zero-order chi connectivity index (χ0) is 18.5. The average molecular weight is 352 g/mol. The molecule has 1 N–H and O–H groups in total. The van der Waals surface area contributed by atoms with Gasteiger partial charge in [0.05, 0.1) is 13.3 Å². The third kappa shape index (κ3) is 3.52. The number of carbonyl (C=O) groups excluding carboxylic acids is 1. The van der Waals surface area contributed by atoms with Crippen LogP contribution in [0.2, 0.25) is 0 Å². The molecule has 0 saturated carbocycles. The Hall–Kier alpha value is -3.73. The molecule has 0 bridgehead atoms. The number of rotatable bonds is 6. The number of carbonyl (C=O) groups is 1. The topological polar surface area (TPSA) is 102 Å². The SMILES string of the molecule is COc1ccccc1OCc1ccc(C(=O)Nc2c(C#N)cnn2C)o1. The molecule has 0 atom stereocenters. The lowest BCUT2D eigenvalue weighted by atomic mass is 10.3. The van der Waals surface area contributed by atoms with Crippen LogP contribution in [0.15, 0.2) is 47.0 Å². The summed E-state index contributed by atoms with van der Waals surface area (Å²) in [7, 11) is 3.19. The van der Waals surface area contributed by atoms with Gasteiger partial charge in [0.25, 0.3) is 5.91 Å². The van der Waals surface area contributed by atoms with Gasteiger partial charge in [-0.3, -0.25) is 9.48 Å². The van der Waals surface area contributed by atoms with Gasteiger partial charge in [-0.1, -0.05) is 12.1 Å². The summed E-state index contributed by atoms with van der Waals surface area (Å²) in [4.78, 5) is 12.3. The maximum absolute atomic E-state index is 12.3. The monoisotopic (exact) mass is 352 g/mol. The van der Waals surface area contributed by atoms with Crippen molar-refractivity contribution >= 4 is 11.7 Å². The molecule has 0 spiro atoms. The second-order valence-electron chi connectivity index (χ2n) is 5.30. The van der Waals surface area contributed by atoms with Crippen molar-refractivity contribution in [1.29, 1.82) is 5.26 Å². The Morgan fingerprint density at radius 1 is 1.31 bits per heavy atom. The number of furan rings is 1. The predicted molar refractivity (Wildman–Crippen MR) is 91.9 cm³/mol. The molecule has 0 radical (unpaired) electrons. The lowest BCUT2D eigenvalue weighted by Crippen LogP contribution is -2.14. The lowest BCUT2D eigenvalue weighted by Gasteiger charge is -2.08. The van der Waals surface area contributed by atoms with Crippen molar-refractivity contribution in [3.63, 3.8) is 0 Å². The van der Waals surface area contributed by atoms with Gasteiger partial charge in [-0.15, -0.1) is 0 Å². The number of para-hydroxylation sites is 2. The van der Waals surface area contributed by atoms with Crippen molar-refractivity contribution in [3.05, 3.63) is 59.7 Å². The highest BCUT2D eigenvalue weighted by molar-refractivity contribution is 6.02. The third-order valence-electron chi connectivity index (χ3n) is 3.62. The van der Waals surface area contributed by atoms with Crippen molar-refractivity contribution in [2.24, 2.45) is 7.05 Å². The van der Waals surface area contributed by atoms with Crippen molar-refractivity contribution < 1.29 is 18.7 Å². The summed E-state index contributed by atoms with van der Waals surface area (Å²) < 4.78 is 17.8. The van der Waals surface area contributed by atoms with Gasteiger partial charge >= 0.3 is 0 Å². The summed E-state index contributed by atoms with van der Waals surface area (Å²) in [6.07, 6.45) is 1.38. The Morgan fingerprint density at radius 2 is 2.08 bits per heavy atom. The number of amides is 1. The van der Waals surface area contributed by atoms with E-state index in [0.717, 1.165) is 0 Å². The largest absolute Gasteiger partial charge is 0.493 e. The van der Waals surface area contributed by atoms with Gasteiger partial charge in [-0.2, -0.15) is 10.4 Å².